The lowest BCUT2D eigenvalue weighted by Gasteiger charge is -2.04. The first-order chi connectivity index (χ1) is 11.8. The van der Waals surface area contributed by atoms with Crippen molar-refractivity contribution in [1.82, 2.24) is 15.3 Å². The Morgan fingerprint density at radius 2 is 1.96 bits per heavy atom. The summed E-state index contributed by atoms with van der Waals surface area (Å²) in [7, 11) is 0. The summed E-state index contributed by atoms with van der Waals surface area (Å²) in [6, 6.07) is 14.0. The van der Waals surface area contributed by atoms with Crippen molar-refractivity contribution in [3.63, 3.8) is 0 Å². The fraction of sp³-hybridized carbons (Fsp3) is 0.211. The molecule has 3 aromatic rings. The highest BCUT2D eigenvalue weighted by Crippen LogP contribution is 2.22. The molecule has 24 heavy (non-hydrogen) atoms. The number of aryl methyl sites for hydroxylation is 1. The van der Waals surface area contributed by atoms with Crippen LogP contribution in [0.1, 0.15) is 17.7 Å². The Bertz CT molecular complexity index is 772. The fourth-order valence-electron chi connectivity index (χ4n) is 2.36. The molecule has 0 unspecified atom stereocenters. The molecule has 0 atom stereocenters. The van der Waals surface area contributed by atoms with Crippen molar-refractivity contribution in [1.29, 1.82) is 0 Å². The van der Waals surface area contributed by atoms with Gasteiger partial charge in [0.25, 0.3) is 0 Å². The van der Waals surface area contributed by atoms with Crippen LogP contribution in [0.25, 0.3) is 10.6 Å². The number of nitrogens with zero attached hydrogens (tertiary/aromatic N) is 2. The van der Waals surface area contributed by atoms with Crippen LogP contribution < -0.4 is 5.32 Å². The molecular weight excluding hydrogens is 318 g/mol. The zero-order chi connectivity index (χ0) is 16.6. The van der Waals surface area contributed by atoms with Crippen LogP contribution in [0.5, 0.6) is 0 Å². The molecule has 0 aliphatic carbocycles. The van der Waals surface area contributed by atoms with Crippen molar-refractivity contribution in [2.24, 2.45) is 0 Å². The third-order valence-corrected chi connectivity index (χ3v) is 4.59. The van der Waals surface area contributed by atoms with E-state index in [1.807, 2.05) is 54.0 Å². The molecular formula is C19H19N3OS. The molecule has 122 valence electrons. The van der Waals surface area contributed by atoms with E-state index in [2.05, 4.69) is 15.3 Å². The molecule has 0 aliphatic rings. The van der Waals surface area contributed by atoms with Gasteiger partial charge in [-0.15, -0.1) is 11.3 Å². The number of aromatic nitrogens is 2. The average Bonchev–Trinajstić information content (AvgIpc) is 3.11. The predicted octanol–water partition coefficient (Wildman–Crippen LogP) is 3.50. The molecule has 0 radical (unpaired) electrons. The molecule has 1 amide bonds. The number of hydrogen-bond acceptors (Lipinski definition) is 4. The van der Waals surface area contributed by atoms with Gasteiger partial charge in [0, 0.05) is 42.7 Å². The number of carbonyl (C=O) groups is 1. The smallest absolute Gasteiger partial charge is 0.220 e. The number of nitrogens with one attached hydrogen (secondary N) is 1. The third-order valence-electron chi connectivity index (χ3n) is 3.65. The molecule has 0 saturated heterocycles. The van der Waals surface area contributed by atoms with Gasteiger partial charge in [0.05, 0.1) is 5.69 Å². The van der Waals surface area contributed by atoms with Crippen molar-refractivity contribution in [3.05, 3.63) is 71.5 Å². The van der Waals surface area contributed by atoms with E-state index in [4.69, 9.17) is 0 Å². The van der Waals surface area contributed by atoms with Crippen molar-refractivity contribution in [2.75, 3.05) is 6.54 Å². The Morgan fingerprint density at radius 3 is 2.75 bits per heavy atom. The maximum Gasteiger partial charge on any atom is 0.220 e. The molecule has 0 spiro atoms. The van der Waals surface area contributed by atoms with Crippen molar-refractivity contribution >= 4 is 17.2 Å². The molecule has 0 fully saturated rings. The molecule has 0 saturated carbocycles. The highest BCUT2D eigenvalue weighted by Gasteiger charge is 2.06. The van der Waals surface area contributed by atoms with Gasteiger partial charge in [-0.25, -0.2) is 4.98 Å². The van der Waals surface area contributed by atoms with E-state index < -0.39 is 0 Å². The van der Waals surface area contributed by atoms with Crippen LogP contribution in [0.3, 0.4) is 0 Å². The van der Waals surface area contributed by atoms with Crippen molar-refractivity contribution < 1.29 is 4.79 Å². The molecule has 2 heterocycles. The lowest BCUT2D eigenvalue weighted by molar-refractivity contribution is -0.121. The summed E-state index contributed by atoms with van der Waals surface area (Å²) in [5.41, 5.74) is 3.22. The summed E-state index contributed by atoms with van der Waals surface area (Å²) in [5.74, 6) is 0.0848. The van der Waals surface area contributed by atoms with Gasteiger partial charge in [0.15, 0.2) is 0 Å². The van der Waals surface area contributed by atoms with E-state index in [0.717, 1.165) is 29.1 Å². The highest BCUT2D eigenvalue weighted by molar-refractivity contribution is 7.13. The topological polar surface area (TPSA) is 54.9 Å². The summed E-state index contributed by atoms with van der Waals surface area (Å²) in [5, 5.41) is 5.97. The Labute approximate surface area is 145 Å². The first-order valence-corrected chi connectivity index (χ1v) is 8.84. The number of amides is 1. The van der Waals surface area contributed by atoms with E-state index in [1.165, 1.54) is 5.56 Å². The standard InChI is InChI=1S/C19H19N3OS/c23-18(9-8-15-5-2-1-3-6-15)21-12-10-17-14-24-19(22-17)16-7-4-11-20-13-16/h1-7,11,13-14H,8-10,12H2,(H,21,23). The maximum absolute atomic E-state index is 11.9. The van der Waals surface area contributed by atoms with E-state index in [1.54, 1.807) is 17.5 Å². The Kier molecular flexibility index (Phi) is 5.69. The van der Waals surface area contributed by atoms with Crippen LogP contribution >= 0.6 is 11.3 Å². The number of rotatable bonds is 7. The SMILES string of the molecule is O=C(CCc1ccccc1)NCCc1csc(-c2cccnc2)n1. The second-order valence-electron chi connectivity index (χ2n) is 5.47. The quantitative estimate of drug-likeness (QED) is 0.718. The number of benzene rings is 1. The zero-order valence-electron chi connectivity index (χ0n) is 13.3. The van der Waals surface area contributed by atoms with Crippen molar-refractivity contribution in [2.45, 2.75) is 19.3 Å². The zero-order valence-corrected chi connectivity index (χ0v) is 14.1. The summed E-state index contributed by atoms with van der Waals surface area (Å²) in [6.45, 7) is 0.615. The molecule has 1 aromatic carbocycles. The van der Waals surface area contributed by atoms with Gasteiger partial charge in [-0.2, -0.15) is 0 Å². The molecule has 1 N–H and O–H groups in total. The van der Waals surface area contributed by atoms with Gasteiger partial charge in [0.2, 0.25) is 5.91 Å². The van der Waals surface area contributed by atoms with Crippen LogP contribution in [0.4, 0.5) is 0 Å². The molecule has 3 rings (SSSR count). The number of thiazole rings is 1. The van der Waals surface area contributed by atoms with Gasteiger partial charge in [-0.05, 0) is 24.1 Å². The van der Waals surface area contributed by atoms with Gasteiger partial charge >= 0.3 is 0 Å². The van der Waals surface area contributed by atoms with Gasteiger partial charge in [-0.1, -0.05) is 30.3 Å². The fourth-order valence-corrected chi connectivity index (χ4v) is 3.21. The van der Waals surface area contributed by atoms with Crippen LogP contribution in [0, 0.1) is 0 Å². The summed E-state index contributed by atoms with van der Waals surface area (Å²) in [4.78, 5) is 20.6. The Hall–Kier alpha value is -2.53. The largest absolute Gasteiger partial charge is 0.356 e. The van der Waals surface area contributed by atoms with Crippen LogP contribution in [0.2, 0.25) is 0 Å². The van der Waals surface area contributed by atoms with E-state index >= 15 is 0 Å². The Balaban J connectivity index is 1.42. The second-order valence-corrected chi connectivity index (χ2v) is 6.33. The Morgan fingerprint density at radius 1 is 1.08 bits per heavy atom. The molecule has 2 aromatic heterocycles. The first-order valence-electron chi connectivity index (χ1n) is 7.97. The monoisotopic (exact) mass is 337 g/mol. The lowest BCUT2D eigenvalue weighted by Crippen LogP contribution is -2.25. The lowest BCUT2D eigenvalue weighted by atomic mass is 10.1. The minimum atomic E-state index is 0.0848. The van der Waals surface area contributed by atoms with Crippen LogP contribution in [-0.2, 0) is 17.6 Å². The second kappa shape index (κ2) is 8.36. The molecule has 0 bridgehead atoms. The average molecular weight is 337 g/mol. The number of hydrogen-bond donors (Lipinski definition) is 1. The first kappa shape index (κ1) is 16.3. The van der Waals surface area contributed by atoms with E-state index in [9.17, 15) is 4.79 Å². The van der Waals surface area contributed by atoms with Crippen LogP contribution in [-0.4, -0.2) is 22.4 Å². The predicted molar refractivity (Wildman–Crippen MR) is 96.8 cm³/mol. The van der Waals surface area contributed by atoms with E-state index in [-0.39, 0.29) is 5.91 Å². The number of pyridine rings is 1. The molecule has 5 heteroatoms. The number of carbonyl (C=O) groups excluding carboxylic acids is 1. The molecule has 0 aliphatic heterocycles. The van der Waals surface area contributed by atoms with Crippen molar-refractivity contribution in [3.8, 4) is 10.6 Å². The highest BCUT2D eigenvalue weighted by atomic mass is 32.1. The van der Waals surface area contributed by atoms with Crippen LogP contribution in [0.15, 0.2) is 60.2 Å². The summed E-state index contributed by atoms with van der Waals surface area (Å²) in [6.07, 6.45) is 5.60. The minimum absolute atomic E-state index is 0.0848. The molecule has 4 nitrogen and oxygen atoms in total. The van der Waals surface area contributed by atoms with Gasteiger partial charge < -0.3 is 5.32 Å². The summed E-state index contributed by atoms with van der Waals surface area (Å²) < 4.78 is 0. The maximum atomic E-state index is 11.9. The summed E-state index contributed by atoms with van der Waals surface area (Å²) >= 11 is 1.61. The minimum Gasteiger partial charge on any atom is -0.356 e. The van der Waals surface area contributed by atoms with Gasteiger partial charge in [0.1, 0.15) is 5.01 Å². The van der Waals surface area contributed by atoms with E-state index in [0.29, 0.717) is 13.0 Å². The van der Waals surface area contributed by atoms with Gasteiger partial charge in [-0.3, -0.25) is 9.78 Å². The normalized spacial score (nSPS) is 10.5. The third kappa shape index (κ3) is 4.73.